The number of rotatable bonds is 5. The molecular formula is C19H24N4O3. The monoisotopic (exact) mass is 356 g/mol. The number of aromatic nitrogens is 2. The molecule has 1 aliphatic heterocycles. The van der Waals surface area contributed by atoms with Gasteiger partial charge in [-0.15, -0.1) is 0 Å². The van der Waals surface area contributed by atoms with E-state index in [2.05, 4.69) is 27.7 Å². The summed E-state index contributed by atoms with van der Waals surface area (Å²) in [7, 11) is 0. The van der Waals surface area contributed by atoms with Gasteiger partial charge in [-0.05, 0) is 44.6 Å². The number of carbonyl (C=O) groups is 2. The molecule has 1 aliphatic carbocycles. The Kier molecular flexibility index (Phi) is 4.61. The Morgan fingerprint density at radius 1 is 1.35 bits per heavy atom. The van der Waals surface area contributed by atoms with Gasteiger partial charge in [0.15, 0.2) is 0 Å². The standard InChI is InChI=1S/C19H24N4O3/c1-2-5-13-16-12(10-15(11-7-8-11)22-19(16)26-23-13)17(24)21-14-6-3-4-9-20-18(14)25/h10-11,14H,2-9H2,1H3,(H,20,25)(H,21,24)/t14-/m0/s1. The number of hydrogen-bond donors (Lipinski definition) is 2. The topological polar surface area (TPSA) is 97.1 Å². The molecule has 7 heteroatoms. The zero-order valence-corrected chi connectivity index (χ0v) is 15.0. The van der Waals surface area contributed by atoms with Gasteiger partial charge >= 0.3 is 0 Å². The van der Waals surface area contributed by atoms with Gasteiger partial charge in [-0.1, -0.05) is 18.5 Å². The summed E-state index contributed by atoms with van der Waals surface area (Å²) < 4.78 is 5.42. The van der Waals surface area contributed by atoms with E-state index in [0.717, 1.165) is 49.9 Å². The fourth-order valence-electron chi connectivity index (χ4n) is 3.52. The van der Waals surface area contributed by atoms with Gasteiger partial charge in [-0.3, -0.25) is 9.59 Å². The van der Waals surface area contributed by atoms with Crippen LogP contribution in [-0.4, -0.2) is 34.5 Å². The molecule has 2 aliphatic rings. The van der Waals surface area contributed by atoms with Crippen LogP contribution < -0.4 is 10.6 Å². The van der Waals surface area contributed by atoms with E-state index in [4.69, 9.17) is 4.52 Å². The molecular weight excluding hydrogens is 332 g/mol. The highest BCUT2D eigenvalue weighted by Gasteiger charge is 2.30. The lowest BCUT2D eigenvalue weighted by Crippen LogP contribution is -2.45. The number of carbonyl (C=O) groups excluding carboxylic acids is 2. The molecule has 138 valence electrons. The van der Waals surface area contributed by atoms with Crippen LogP contribution in [0.4, 0.5) is 0 Å². The highest BCUT2D eigenvalue weighted by atomic mass is 16.5. The largest absolute Gasteiger partial charge is 0.354 e. The fourth-order valence-corrected chi connectivity index (χ4v) is 3.52. The molecule has 2 aromatic rings. The molecule has 2 N–H and O–H groups in total. The zero-order valence-electron chi connectivity index (χ0n) is 15.0. The number of nitrogens with zero attached hydrogens (tertiary/aromatic N) is 2. The van der Waals surface area contributed by atoms with Gasteiger partial charge in [0.05, 0.1) is 16.6 Å². The second-order valence-corrected chi connectivity index (χ2v) is 7.24. The Bertz CT molecular complexity index is 841. The normalized spacial score (nSPS) is 20.7. The van der Waals surface area contributed by atoms with Gasteiger partial charge in [0.2, 0.25) is 5.91 Å². The van der Waals surface area contributed by atoms with Gasteiger partial charge in [-0.25, -0.2) is 4.98 Å². The van der Waals surface area contributed by atoms with Crippen LogP contribution in [0.25, 0.3) is 11.1 Å². The minimum absolute atomic E-state index is 0.109. The molecule has 26 heavy (non-hydrogen) atoms. The van der Waals surface area contributed by atoms with Crippen molar-refractivity contribution in [3.63, 3.8) is 0 Å². The lowest BCUT2D eigenvalue weighted by atomic mass is 10.0. The Balaban J connectivity index is 1.69. The molecule has 1 atom stereocenters. The van der Waals surface area contributed by atoms with Crippen molar-refractivity contribution < 1.29 is 14.1 Å². The number of amides is 2. The third kappa shape index (κ3) is 3.30. The van der Waals surface area contributed by atoms with E-state index in [0.29, 0.717) is 35.5 Å². The first-order valence-corrected chi connectivity index (χ1v) is 9.55. The van der Waals surface area contributed by atoms with Gasteiger partial charge in [-0.2, -0.15) is 0 Å². The summed E-state index contributed by atoms with van der Waals surface area (Å²) in [4.78, 5) is 29.8. The van der Waals surface area contributed by atoms with Crippen molar-refractivity contribution in [2.24, 2.45) is 0 Å². The van der Waals surface area contributed by atoms with Crippen LogP contribution in [0.2, 0.25) is 0 Å². The zero-order chi connectivity index (χ0) is 18.1. The van der Waals surface area contributed by atoms with Crippen LogP contribution in [0.5, 0.6) is 0 Å². The first kappa shape index (κ1) is 17.0. The quantitative estimate of drug-likeness (QED) is 0.858. The maximum Gasteiger partial charge on any atom is 0.259 e. The third-order valence-electron chi connectivity index (χ3n) is 5.10. The number of fused-ring (bicyclic) bond motifs is 1. The fraction of sp³-hybridized carbons (Fsp3) is 0.579. The van der Waals surface area contributed by atoms with Crippen LogP contribution in [-0.2, 0) is 11.2 Å². The summed E-state index contributed by atoms with van der Waals surface area (Å²) in [6, 6.07) is 1.37. The average molecular weight is 356 g/mol. The molecule has 0 aromatic carbocycles. The predicted octanol–water partition coefficient (Wildman–Crippen LogP) is 2.45. The maximum atomic E-state index is 13.0. The molecule has 2 fully saturated rings. The molecule has 3 heterocycles. The minimum atomic E-state index is -0.493. The number of hydrogen-bond acceptors (Lipinski definition) is 5. The summed E-state index contributed by atoms with van der Waals surface area (Å²) in [6.07, 6.45) is 6.31. The van der Waals surface area contributed by atoms with Gasteiger partial charge in [0.25, 0.3) is 11.6 Å². The first-order chi connectivity index (χ1) is 12.7. The Hall–Kier alpha value is -2.44. The molecule has 2 aromatic heterocycles. The van der Waals surface area contributed by atoms with E-state index in [-0.39, 0.29) is 11.8 Å². The van der Waals surface area contributed by atoms with Gasteiger partial charge in [0, 0.05) is 18.2 Å². The lowest BCUT2D eigenvalue weighted by molar-refractivity contribution is -0.122. The van der Waals surface area contributed by atoms with Crippen LogP contribution in [0.15, 0.2) is 10.6 Å². The molecule has 0 radical (unpaired) electrons. The highest BCUT2D eigenvalue weighted by Crippen LogP contribution is 2.40. The predicted molar refractivity (Wildman–Crippen MR) is 95.9 cm³/mol. The number of nitrogens with one attached hydrogen (secondary N) is 2. The molecule has 0 unspecified atom stereocenters. The molecule has 2 amide bonds. The Labute approximate surface area is 151 Å². The molecule has 0 bridgehead atoms. The van der Waals surface area contributed by atoms with Crippen molar-refractivity contribution in [1.29, 1.82) is 0 Å². The molecule has 0 spiro atoms. The third-order valence-corrected chi connectivity index (χ3v) is 5.10. The second-order valence-electron chi connectivity index (χ2n) is 7.24. The maximum absolute atomic E-state index is 13.0. The van der Waals surface area contributed by atoms with E-state index in [1.807, 2.05) is 6.07 Å². The van der Waals surface area contributed by atoms with Crippen molar-refractivity contribution >= 4 is 22.9 Å². The summed E-state index contributed by atoms with van der Waals surface area (Å²) in [5.74, 6) is 0.0384. The number of aryl methyl sites for hydroxylation is 1. The van der Waals surface area contributed by atoms with Crippen molar-refractivity contribution in [3.8, 4) is 0 Å². The van der Waals surface area contributed by atoms with Crippen molar-refractivity contribution in [1.82, 2.24) is 20.8 Å². The van der Waals surface area contributed by atoms with E-state index in [1.165, 1.54) is 0 Å². The molecule has 1 saturated carbocycles. The first-order valence-electron chi connectivity index (χ1n) is 9.55. The van der Waals surface area contributed by atoms with Crippen molar-refractivity contribution in [2.45, 2.75) is 63.8 Å². The highest BCUT2D eigenvalue weighted by molar-refractivity contribution is 6.07. The van der Waals surface area contributed by atoms with Crippen molar-refractivity contribution in [2.75, 3.05) is 6.54 Å². The van der Waals surface area contributed by atoms with Gasteiger partial charge in [0.1, 0.15) is 6.04 Å². The van der Waals surface area contributed by atoms with Crippen LogP contribution in [0.1, 0.15) is 73.1 Å². The molecule has 7 nitrogen and oxygen atoms in total. The van der Waals surface area contributed by atoms with E-state index in [1.54, 1.807) is 0 Å². The minimum Gasteiger partial charge on any atom is -0.354 e. The van der Waals surface area contributed by atoms with E-state index < -0.39 is 6.04 Å². The van der Waals surface area contributed by atoms with E-state index in [9.17, 15) is 9.59 Å². The second kappa shape index (κ2) is 7.05. The number of pyridine rings is 1. The molecule has 1 saturated heterocycles. The van der Waals surface area contributed by atoms with Crippen LogP contribution in [0.3, 0.4) is 0 Å². The summed E-state index contributed by atoms with van der Waals surface area (Å²) in [5, 5.41) is 10.6. The average Bonchev–Trinajstić information content (AvgIpc) is 3.43. The summed E-state index contributed by atoms with van der Waals surface area (Å²) in [5.41, 5.74) is 2.59. The van der Waals surface area contributed by atoms with Gasteiger partial charge < -0.3 is 15.2 Å². The Morgan fingerprint density at radius 3 is 2.96 bits per heavy atom. The molecule has 4 rings (SSSR count). The van der Waals surface area contributed by atoms with E-state index >= 15 is 0 Å². The van der Waals surface area contributed by atoms with Crippen molar-refractivity contribution in [3.05, 3.63) is 23.0 Å². The Morgan fingerprint density at radius 2 is 2.19 bits per heavy atom. The van der Waals surface area contributed by atoms with Crippen LogP contribution in [0, 0.1) is 0 Å². The summed E-state index contributed by atoms with van der Waals surface area (Å²) >= 11 is 0. The lowest BCUT2D eigenvalue weighted by Gasteiger charge is -2.16. The summed E-state index contributed by atoms with van der Waals surface area (Å²) in [6.45, 7) is 2.73. The smallest absolute Gasteiger partial charge is 0.259 e. The van der Waals surface area contributed by atoms with Crippen LogP contribution >= 0.6 is 0 Å². The SMILES string of the molecule is CCCc1noc2nc(C3CC3)cc(C(=O)N[C@H]3CCCCNC3=O)c12.